The van der Waals surface area contributed by atoms with E-state index in [1.165, 1.54) is 0 Å². The van der Waals surface area contributed by atoms with Crippen molar-refractivity contribution in [2.75, 3.05) is 25.0 Å². The monoisotopic (exact) mass is 356 g/mol. The lowest BCUT2D eigenvalue weighted by molar-refractivity contribution is -0.149. The third kappa shape index (κ3) is 2.59. The zero-order chi connectivity index (χ0) is 18.5. The number of carbonyl (C=O) groups excluding carboxylic acids is 2. The zero-order valence-electron chi connectivity index (χ0n) is 15.0. The number of carboxylic acid groups (broad SMARTS) is 1. The number of hydrogen-bond donors (Lipinski definition) is 1. The molecule has 4 rings (SSSR count). The molecule has 2 aliphatic carbocycles. The molecule has 1 heterocycles. The lowest BCUT2D eigenvalue weighted by Gasteiger charge is -2.25. The number of fused-ring (bicyclic) bond motifs is 1. The van der Waals surface area contributed by atoms with Crippen LogP contribution in [0.4, 0.5) is 5.69 Å². The van der Waals surface area contributed by atoms with E-state index in [1.54, 1.807) is 35.0 Å². The molecule has 6 heteroatoms. The maximum atomic E-state index is 13.2. The second-order valence-corrected chi connectivity index (χ2v) is 7.92. The molecule has 1 aromatic rings. The summed E-state index contributed by atoms with van der Waals surface area (Å²) in [5.74, 6) is -0.812. The lowest BCUT2D eigenvalue weighted by Crippen LogP contribution is -2.38. The molecule has 0 radical (unpaired) electrons. The van der Waals surface area contributed by atoms with E-state index in [9.17, 15) is 19.5 Å². The molecule has 3 aliphatic rings. The minimum absolute atomic E-state index is 0.0296. The van der Waals surface area contributed by atoms with E-state index in [1.807, 2.05) is 6.07 Å². The van der Waals surface area contributed by atoms with Crippen LogP contribution in [0, 0.1) is 17.3 Å². The molecule has 1 saturated heterocycles. The van der Waals surface area contributed by atoms with Crippen molar-refractivity contribution in [1.29, 1.82) is 0 Å². The number of carbonyl (C=O) groups is 3. The van der Waals surface area contributed by atoms with E-state index in [4.69, 9.17) is 0 Å². The number of hydrogen-bond acceptors (Lipinski definition) is 3. The Morgan fingerprint density at radius 1 is 1.19 bits per heavy atom. The smallest absolute Gasteiger partial charge is 0.311 e. The quantitative estimate of drug-likeness (QED) is 0.898. The number of aliphatic carboxylic acids is 1. The summed E-state index contributed by atoms with van der Waals surface area (Å²) in [4.78, 5) is 40.7. The van der Waals surface area contributed by atoms with Crippen LogP contribution in [0.1, 0.15) is 42.5 Å². The van der Waals surface area contributed by atoms with Gasteiger partial charge < -0.3 is 14.9 Å². The summed E-state index contributed by atoms with van der Waals surface area (Å²) in [5.41, 5.74) is 0.292. The van der Waals surface area contributed by atoms with Crippen molar-refractivity contribution in [3.05, 3.63) is 29.8 Å². The first kappa shape index (κ1) is 17.1. The van der Waals surface area contributed by atoms with E-state index in [2.05, 4.69) is 0 Å². The van der Waals surface area contributed by atoms with Crippen LogP contribution < -0.4 is 4.90 Å². The van der Waals surface area contributed by atoms with Crippen molar-refractivity contribution in [3.8, 4) is 0 Å². The summed E-state index contributed by atoms with van der Waals surface area (Å²) in [6, 6.07) is 7.13. The Morgan fingerprint density at radius 3 is 2.58 bits per heavy atom. The van der Waals surface area contributed by atoms with Gasteiger partial charge in [-0.2, -0.15) is 0 Å². The molecule has 1 N–H and O–H groups in total. The average molecular weight is 356 g/mol. The Bertz CT molecular complexity index is 773. The highest BCUT2D eigenvalue weighted by molar-refractivity contribution is 6.05. The largest absolute Gasteiger partial charge is 0.481 e. The number of rotatable bonds is 4. The lowest BCUT2D eigenvalue weighted by atomic mass is 9.81. The van der Waals surface area contributed by atoms with Crippen molar-refractivity contribution in [1.82, 2.24) is 4.90 Å². The summed E-state index contributed by atoms with van der Waals surface area (Å²) >= 11 is 0. The maximum Gasteiger partial charge on any atom is 0.311 e. The second-order valence-electron chi connectivity index (χ2n) is 7.92. The minimum atomic E-state index is -0.791. The number of amides is 2. The highest BCUT2D eigenvalue weighted by Crippen LogP contribution is 2.49. The number of para-hydroxylation sites is 1. The van der Waals surface area contributed by atoms with Crippen LogP contribution in [0.3, 0.4) is 0 Å². The molecule has 0 bridgehead atoms. The van der Waals surface area contributed by atoms with E-state index in [0.717, 1.165) is 25.7 Å². The van der Waals surface area contributed by atoms with Gasteiger partial charge in [0.15, 0.2) is 0 Å². The van der Waals surface area contributed by atoms with Crippen molar-refractivity contribution < 1.29 is 19.5 Å². The molecule has 138 valence electrons. The van der Waals surface area contributed by atoms with Crippen molar-refractivity contribution in [2.45, 2.75) is 32.1 Å². The van der Waals surface area contributed by atoms with Crippen LogP contribution in [-0.2, 0) is 9.59 Å². The molecule has 2 atom stereocenters. The zero-order valence-corrected chi connectivity index (χ0v) is 15.0. The summed E-state index contributed by atoms with van der Waals surface area (Å²) in [5, 5.41) is 9.74. The molecular formula is C20H24N2O4. The van der Waals surface area contributed by atoms with Crippen LogP contribution in [-0.4, -0.2) is 47.9 Å². The number of nitrogens with zero attached hydrogens (tertiary/aromatic N) is 2. The Hall–Kier alpha value is -2.37. The first-order chi connectivity index (χ1) is 12.4. The number of benzene rings is 1. The van der Waals surface area contributed by atoms with Crippen LogP contribution in [0.5, 0.6) is 0 Å². The first-order valence-electron chi connectivity index (χ1n) is 9.33. The van der Waals surface area contributed by atoms with E-state index in [0.29, 0.717) is 24.2 Å². The van der Waals surface area contributed by atoms with Gasteiger partial charge in [-0.05, 0) is 43.7 Å². The van der Waals surface area contributed by atoms with Gasteiger partial charge in [-0.3, -0.25) is 14.4 Å². The van der Waals surface area contributed by atoms with E-state index in [-0.39, 0.29) is 30.2 Å². The molecule has 1 aromatic carbocycles. The molecule has 6 nitrogen and oxygen atoms in total. The van der Waals surface area contributed by atoms with Crippen molar-refractivity contribution >= 4 is 23.5 Å². The molecule has 26 heavy (non-hydrogen) atoms. The van der Waals surface area contributed by atoms with Gasteiger partial charge >= 0.3 is 5.97 Å². The highest BCUT2D eigenvalue weighted by Gasteiger charge is 2.56. The molecule has 2 saturated carbocycles. The van der Waals surface area contributed by atoms with Gasteiger partial charge in [-0.15, -0.1) is 0 Å². The van der Waals surface area contributed by atoms with Crippen LogP contribution in [0.15, 0.2) is 24.3 Å². The third-order valence-corrected chi connectivity index (χ3v) is 6.34. The van der Waals surface area contributed by atoms with E-state index >= 15 is 0 Å². The summed E-state index contributed by atoms with van der Waals surface area (Å²) < 4.78 is 0. The molecule has 2 amide bonds. The fourth-order valence-corrected chi connectivity index (χ4v) is 4.63. The predicted molar refractivity (Wildman–Crippen MR) is 95.9 cm³/mol. The fraction of sp³-hybridized carbons (Fsp3) is 0.550. The van der Waals surface area contributed by atoms with Gasteiger partial charge in [0.2, 0.25) is 5.91 Å². The Kier molecular flexibility index (Phi) is 4.01. The van der Waals surface area contributed by atoms with Gasteiger partial charge in [0.25, 0.3) is 5.91 Å². The molecule has 0 spiro atoms. The number of carboxylic acids is 1. The SMILES string of the molecule is CN(C(=O)C1CC1)c1ccccc1C(=O)N1C[C@@H]2CCC[C@@]2(C(=O)O)C1. The highest BCUT2D eigenvalue weighted by atomic mass is 16.4. The average Bonchev–Trinajstić information content (AvgIpc) is 3.30. The standard InChI is InChI=1S/C20H24N2O4/c1-21(17(23)13-8-9-13)16-7-3-2-6-15(16)18(24)22-11-14-5-4-10-20(14,12-22)19(25)26/h2-3,6-7,13-14H,4-5,8-12H2,1H3,(H,25,26)/t14-,20+/m0/s1. The summed E-state index contributed by atoms with van der Waals surface area (Å²) in [6.07, 6.45) is 4.23. The number of anilines is 1. The third-order valence-electron chi connectivity index (χ3n) is 6.34. The van der Waals surface area contributed by atoms with Gasteiger partial charge in [0.1, 0.15) is 0 Å². The predicted octanol–water partition coefficient (Wildman–Crippen LogP) is 2.39. The molecule has 1 aliphatic heterocycles. The van der Waals surface area contributed by atoms with Gasteiger partial charge in [0, 0.05) is 26.1 Å². The molecule has 3 fully saturated rings. The van der Waals surface area contributed by atoms with Crippen LogP contribution >= 0.6 is 0 Å². The Labute approximate surface area is 152 Å². The first-order valence-corrected chi connectivity index (χ1v) is 9.33. The van der Waals surface area contributed by atoms with E-state index < -0.39 is 11.4 Å². The normalized spacial score (nSPS) is 27.3. The molecular weight excluding hydrogens is 332 g/mol. The van der Waals surface area contributed by atoms with Gasteiger partial charge in [-0.25, -0.2) is 0 Å². The van der Waals surface area contributed by atoms with Crippen LogP contribution in [0.25, 0.3) is 0 Å². The minimum Gasteiger partial charge on any atom is -0.481 e. The van der Waals surface area contributed by atoms with Gasteiger partial charge in [-0.1, -0.05) is 18.6 Å². The summed E-state index contributed by atoms with van der Waals surface area (Å²) in [6.45, 7) is 0.750. The molecule has 0 aromatic heterocycles. The van der Waals surface area contributed by atoms with Gasteiger partial charge in [0.05, 0.1) is 16.7 Å². The maximum absolute atomic E-state index is 13.2. The Morgan fingerprint density at radius 2 is 1.92 bits per heavy atom. The van der Waals surface area contributed by atoms with Crippen molar-refractivity contribution in [2.24, 2.45) is 17.3 Å². The topological polar surface area (TPSA) is 77.9 Å². The Balaban J connectivity index is 1.60. The van der Waals surface area contributed by atoms with Crippen LogP contribution in [0.2, 0.25) is 0 Å². The van der Waals surface area contributed by atoms with Crippen molar-refractivity contribution in [3.63, 3.8) is 0 Å². The number of likely N-dealkylation sites (tertiary alicyclic amines) is 1. The summed E-state index contributed by atoms with van der Waals surface area (Å²) in [7, 11) is 1.71. The molecule has 0 unspecified atom stereocenters. The fourth-order valence-electron chi connectivity index (χ4n) is 4.63. The second kappa shape index (κ2) is 6.11.